The van der Waals surface area contributed by atoms with E-state index < -0.39 is 11.6 Å². The molecule has 0 radical (unpaired) electrons. The molecule has 1 unspecified atom stereocenters. The van der Waals surface area contributed by atoms with Crippen LogP contribution in [0.2, 0.25) is 5.02 Å². The molecular weight excluding hydrogens is 396 g/mol. The quantitative estimate of drug-likeness (QED) is 0.646. The van der Waals surface area contributed by atoms with E-state index in [9.17, 15) is 8.78 Å². The normalized spacial score (nSPS) is 14.2. The van der Waals surface area contributed by atoms with Gasteiger partial charge in [0, 0.05) is 34.7 Å². The summed E-state index contributed by atoms with van der Waals surface area (Å²) in [6, 6.07) is 9.10. The maximum Gasteiger partial charge on any atom is 0.159 e. The van der Waals surface area contributed by atoms with Gasteiger partial charge in [-0.05, 0) is 51.4 Å². The molecule has 0 spiro atoms. The fourth-order valence-corrected chi connectivity index (χ4v) is 3.52. The van der Waals surface area contributed by atoms with Crippen LogP contribution in [0, 0.1) is 11.6 Å². The van der Waals surface area contributed by atoms with E-state index in [2.05, 4.69) is 27.0 Å². The van der Waals surface area contributed by atoms with Gasteiger partial charge in [0.1, 0.15) is 24.0 Å². The second kappa shape index (κ2) is 7.65. The molecule has 0 saturated heterocycles. The van der Waals surface area contributed by atoms with Crippen LogP contribution >= 0.6 is 11.6 Å². The van der Waals surface area contributed by atoms with E-state index in [-0.39, 0.29) is 18.2 Å². The van der Waals surface area contributed by atoms with Gasteiger partial charge < -0.3 is 4.90 Å². The van der Waals surface area contributed by atoms with E-state index in [1.807, 2.05) is 24.7 Å². The van der Waals surface area contributed by atoms with Gasteiger partial charge in [-0.3, -0.25) is 9.56 Å². The third kappa shape index (κ3) is 3.68. The minimum Gasteiger partial charge on any atom is -0.306 e. The average Bonchev–Trinajstić information content (AvgIpc) is 2.98. The summed E-state index contributed by atoms with van der Waals surface area (Å²) in [6.45, 7) is 2.33. The Morgan fingerprint density at radius 1 is 1.10 bits per heavy atom. The Kier molecular flexibility index (Phi) is 5.19. The summed E-state index contributed by atoms with van der Waals surface area (Å²) in [4.78, 5) is 6.71. The Balaban J connectivity index is 1.89. The lowest BCUT2D eigenvalue weighted by molar-refractivity contribution is 0.307. The van der Waals surface area contributed by atoms with Crippen molar-refractivity contribution in [3.8, 4) is 5.69 Å². The summed E-state index contributed by atoms with van der Waals surface area (Å²) in [5, 5.41) is 9.18. The lowest BCUT2D eigenvalue weighted by atomic mass is 9.99. The molecule has 0 saturated carbocycles. The van der Waals surface area contributed by atoms with Gasteiger partial charge in [-0.1, -0.05) is 11.6 Å². The van der Waals surface area contributed by atoms with Crippen LogP contribution in [0.3, 0.4) is 0 Å². The zero-order valence-corrected chi connectivity index (χ0v) is 17.1. The molecule has 3 aromatic rings. The summed E-state index contributed by atoms with van der Waals surface area (Å²) in [5.74, 6) is 0.144. The fraction of sp³-hybridized carbons (Fsp3) is 0.286. The number of aliphatic imine (C=N–C) groups is 1. The molecule has 2 aromatic carbocycles. The molecule has 0 amide bonds. The van der Waals surface area contributed by atoms with E-state index in [0.29, 0.717) is 28.5 Å². The number of aromatic nitrogens is 3. The fourth-order valence-electron chi connectivity index (χ4n) is 3.35. The lowest BCUT2D eigenvalue weighted by Crippen LogP contribution is -2.28. The van der Waals surface area contributed by atoms with Gasteiger partial charge in [0.2, 0.25) is 0 Å². The minimum atomic E-state index is -0.672. The first kappa shape index (κ1) is 19.7. The molecule has 8 heteroatoms. The number of halogens is 3. The molecule has 29 heavy (non-hydrogen) atoms. The molecular formula is C21H20ClF2N5. The highest BCUT2D eigenvalue weighted by atomic mass is 35.5. The van der Waals surface area contributed by atoms with Gasteiger partial charge in [0.05, 0.1) is 11.4 Å². The zero-order valence-electron chi connectivity index (χ0n) is 16.3. The smallest absolute Gasteiger partial charge is 0.159 e. The van der Waals surface area contributed by atoms with Crippen molar-refractivity contribution >= 4 is 17.3 Å². The van der Waals surface area contributed by atoms with Crippen molar-refractivity contribution < 1.29 is 8.78 Å². The predicted octanol–water partition coefficient (Wildman–Crippen LogP) is 4.04. The van der Waals surface area contributed by atoms with Crippen LogP contribution in [-0.2, 0) is 13.0 Å². The van der Waals surface area contributed by atoms with Crippen molar-refractivity contribution in [3.05, 3.63) is 75.8 Å². The summed E-state index contributed by atoms with van der Waals surface area (Å²) < 4.78 is 30.0. The van der Waals surface area contributed by atoms with E-state index in [0.717, 1.165) is 17.6 Å². The highest BCUT2D eigenvalue weighted by Crippen LogP contribution is 2.29. The molecule has 0 bridgehead atoms. The molecule has 150 valence electrons. The van der Waals surface area contributed by atoms with Crippen LogP contribution in [-0.4, -0.2) is 45.5 Å². The van der Waals surface area contributed by atoms with Crippen molar-refractivity contribution in [2.24, 2.45) is 4.99 Å². The van der Waals surface area contributed by atoms with E-state index >= 15 is 0 Å². The first-order valence-corrected chi connectivity index (χ1v) is 9.62. The van der Waals surface area contributed by atoms with E-state index in [4.69, 9.17) is 11.6 Å². The van der Waals surface area contributed by atoms with Gasteiger partial charge in [-0.2, -0.15) is 0 Å². The van der Waals surface area contributed by atoms with E-state index in [1.165, 1.54) is 12.1 Å². The SMILES string of the molecule is CC(Cc1nnc2n1-c1ccc(Cl)cc1C(c1ccc(F)cc1F)=NC2)N(C)C. The van der Waals surface area contributed by atoms with Gasteiger partial charge >= 0.3 is 0 Å². The van der Waals surface area contributed by atoms with E-state index in [1.54, 1.807) is 12.1 Å². The summed E-state index contributed by atoms with van der Waals surface area (Å²) in [6.07, 6.45) is 0.683. The predicted molar refractivity (Wildman–Crippen MR) is 109 cm³/mol. The number of nitrogens with zero attached hydrogens (tertiary/aromatic N) is 5. The van der Waals surface area contributed by atoms with Gasteiger partial charge in [0.25, 0.3) is 0 Å². The Bertz CT molecular complexity index is 1110. The van der Waals surface area contributed by atoms with Crippen LogP contribution in [0.4, 0.5) is 8.78 Å². The first-order valence-electron chi connectivity index (χ1n) is 9.25. The standard InChI is InChI=1S/C21H20ClF2N5/c1-12(28(2)3)8-19-26-27-20-11-25-21(15-6-5-14(23)10-17(15)24)16-9-13(22)4-7-18(16)29(19)20/h4-7,9-10,12H,8,11H2,1-3H3. The third-order valence-electron chi connectivity index (χ3n) is 5.18. The summed E-state index contributed by atoms with van der Waals surface area (Å²) >= 11 is 6.26. The second-order valence-electron chi connectivity index (χ2n) is 7.34. The molecule has 0 aliphatic carbocycles. The van der Waals surface area contributed by atoms with Crippen molar-refractivity contribution in [2.75, 3.05) is 14.1 Å². The average molecular weight is 416 g/mol. The van der Waals surface area contributed by atoms with Crippen LogP contribution in [0.25, 0.3) is 5.69 Å². The summed E-state index contributed by atoms with van der Waals surface area (Å²) in [7, 11) is 4.02. The van der Waals surface area contributed by atoms with Gasteiger partial charge in [-0.15, -0.1) is 10.2 Å². The number of rotatable bonds is 4. The molecule has 4 rings (SSSR count). The lowest BCUT2D eigenvalue weighted by Gasteiger charge is -2.20. The highest BCUT2D eigenvalue weighted by Gasteiger charge is 2.25. The Hall–Kier alpha value is -2.64. The van der Waals surface area contributed by atoms with Crippen LogP contribution in [0.5, 0.6) is 0 Å². The molecule has 5 nitrogen and oxygen atoms in total. The van der Waals surface area contributed by atoms with Crippen molar-refractivity contribution in [3.63, 3.8) is 0 Å². The summed E-state index contributed by atoms with van der Waals surface area (Å²) in [5.41, 5.74) is 2.06. The zero-order chi connectivity index (χ0) is 20.7. The van der Waals surface area contributed by atoms with Crippen molar-refractivity contribution in [2.45, 2.75) is 25.9 Å². The van der Waals surface area contributed by atoms with Crippen LogP contribution in [0.15, 0.2) is 41.4 Å². The number of fused-ring (bicyclic) bond motifs is 3. The first-order chi connectivity index (χ1) is 13.8. The van der Waals surface area contributed by atoms with Crippen LogP contribution < -0.4 is 0 Å². The van der Waals surface area contributed by atoms with Crippen molar-refractivity contribution in [1.29, 1.82) is 0 Å². The Morgan fingerprint density at radius 2 is 1.90 bits per heavy atom. The molecule has 1 aliphatic heterocycles. The Morgan fingerprint density at radius 3 is 2.62 bits per heavy atom. The largest absolute Gasteiger partial charge is 0.306 e. The van der Waals surface area contributed by atoms with Crippen LogP contribution in [0.1, 0.15) is 29.7 Å². The van der Waals surface area contributed by atoms with Gasteiger partial charge in [-0.25, -0.2) is 8.78 Å². The molecule has 2 heterocycles. The monoisotopic (exact) mass is 415 g/mol. The third-order valence-corrected chi connectivity index (χ3v) is 5.41. The molecule has 0 N–H and O–H groups in total. The second-order valence-corrected chi connectivity index (χ2v) is 7.77. The Labute approximate surface area is 172 Å². The van der Waals surface area contributed by atoms with Crippen molar-refractivity contribution in [1.82, 2.24) is 19.7 Å². The minimum absolute atomic E-state index is 0.219. The molecule has 1 atom stereocenters. The maximum atomic E-state index is 14.6. The number of hydrogen-bond acceptors (Lipinski definition) is 4. The maximum absolute atomic E-state index is 14.6. The number of benzene rings is 2. The van der Waals surface area contributed by atoms with Gasteiger partial charge in [0.15, 0.2) is 5.82 Å². The molecule has 0 fully saturated rings. The highest BCUT2D eigenvalue weighted by molar-refractivity contribution is 6.31. The number of likely N-dealkylation sites (N-methyl/N-ethyl adjacent to an activating group) is 1. The molecule has 1 aromatic heterocycles. The number of hydrogen-bond donors (Lipinski definition) is 0. The topological polar surface area (TPSA) is 46.3 Å². The molecule has 1 aliphatic rings.